The molecule has 7 atom stereocenters. The van der Waals surface area contributed by atoms with Crippen molar-refractivity contribution < 1.29 is 37.4 Å². The van der Waals surface area contributed by atoms with Crippen LogP contribution < -0.4 is 14.9 Å². The van der Waals surface area contributed by atoms with E-state index in [0.717, 1.165) is 44.1 Å². The summed E-state index contributed by atoms with van der Waals surface area (Å²) in [6, 6.07) is 15.9. The summed E-state index contributed by atoms with van der Waals surface area (Å²) in [5.41, 5.74) is 1.02. The molecular formula is C43H49FN5O7PS. The molecule has 2 aromatic carbocycles. The lowest BCUT2D eigenvalue weighted by Crippen LogP contribution is -2.56. The number of nitrogens with zero attached hydrogens (tertiary/aromatic N) is 3. The van der Waals surface area contributed by atoms with Gasteiger partial charge in [0.05, 0.1) is 11.5 Å². The van der Waals surface area contributed by atoms with Crippen LogP contribution >= 0.6 is 18.9 Å². The number of pyridine rings is 1. The first-order valence-corrected chi connectivity index (χ1v) is 22.8. The predicted molar refractivity (Wildman–Crippen MR) is 218 cm³/mol. The van der Waals surface area contributed by atoms with E-state index in [9.17, 15) is 23.7 Å². The van der Waals surface area contributed by atoms with Crippen molar-refractivity contribution in [3.8, 4) is 5.75 Å². The average molecular weight is 830 g/mol. The number of thiophene rings is 1. The fourth-order valence-electron chi connectivity index (χ4n) is 8.92. The van der Waals surface area contributed by atoms with Crippen LogP contribution in [0, 0.1) is 0 Å². The van der Waals surface area contributed by atoms with E-state index in [4.69, 9.17) is 9.26 Å². The van der Waals surface area contributed by atoms with Crippen LogP contribution in [0.4, 0.5) is 4.39 Å². The number of aromatic nitrogens is 1. The number of para-hydroxylation sites is 1. The monoisotopic (exact) mass is 829 g/mol. The number of halogens is 1. The molecule has 2 aromatic heterocycles. The van der Waals surface area contributed by atoms with E-state index in [-0.39, 0.29) is 47.2 Å². The molecule has 3 amide bonds. The standard InChI is InChI=1S/C43H49FN5O7PS/c1-3-21-55-42(53)27(2)47-57(54,56-33-11-5-4-6-12-33)38(44)28-14-17-36-30(22-28)23-37(58-36)39(50)46-34-13-7-10-32-15-16-35(49(32)40(34)51)41(52)48-26-31(24-43(48)18-19-43)29-9-8-20-45-25-29/h4-6,8-9,11-12,14,17,20,22-23,25,27,31-32,34-35,38H,3,7,10,13,15-16,18-19,21,24,26H2,1-2H3,(H,46,50)(H,47,54)/t27-,31-,32-,34-,35-,38+,57?/m0/s1. The number of likely N-dealkylation sites (tertiary alicyclic amines) is 1. The molecule has 1 spiro atoms. The van der Waals surface area contributed by atoms with Crippen molar-refractivity contribution in [2.45, 2.75) is 113 Å². The molecule has 1 unspecified atom stereocenters. The van der Waals surface area contributed by atoms with Crippen LogP contribution in [0.3, 0.4) is 0 Å². The van der Waals surface area contributed by atoms with Gasteiger partial charge in [-0.1, -0.05) is 37.3 Å². The average Bonchev–Trinajstić information content (AvgIpc) is 3.53. The van der Waals surface area contributed by atoms with Gasteiger partial charge in [0.2, 0.25) is 17.7 Å². The smallest absolute Gasteiger partial charge is 0.355 e. The van der Waals surface area contributed by atoms with Gasteiger partial charge in [-0.15, -0.1) is 11.3 Å². The lowest BCUT2D eigenvalue weighted by molar-refractivity contribution is -0.147. The van der Waals surface area contributed by atoms with Gasteiger partial charge in [-0.2, -0.15) is 0 Å². The van der Waals surface area contributed by atoms with Gasteiger partial charge < -0.3 is 24.4 Å². The Hall–Kier alpha value is -4.65. The number of amides is 3. The Morgan fingerprint density at radius 1 is 1.05 bits per heavy atom. The second-order valence-electron chi connectivity index (χ2n) is 16.1. The first kappa shape index (κ1) is 40.1. The van der Waals surface area contributed by atoms with Crippen molar-refractivity contribution in [2.75, 3.05) is 13.2 Å². The number of rotatable bonds is 13. The van der Waals surface area contributed by atoms with Gasteiger partial charge in [-0.3, -0.25) is 28.7 Å². The largest absolute Gasteiger partial charge is 0.465 e. The second kappa shape index (κ2) is 16.5. The van der Waals surface area contributed by atoms with Crippen LogP contribution in [0.25, 0.3) is 10.1 Å². The van der Waals surface area contributed by atoms with E-state index < -0.39 is 43.4 Å². The van der Waals surface area contributed by atoms with Crippen molar-refractivity contribution in [1.29, 1.82) is 0 Å². The van der Waals surface area contributed by atoms with E-state index in [1.165, 1.54) is 30.4 Å². The van der Waals surface area contributed by atoms with Crippen LogP contribution in [0.5, 0.6) is 5.75 Å². The summed E-state index contributed by atoms with van der Waals surface area (Å²) in [6.45, 7) is 4.07. The van der Waals surface area contributed by atoms with Gasteiger partial charge in [-0.05, 0) is 118 Å². The summed E-state index contributed by atoms with van der Waals surface area (Å²) in [5.74, 6) is -3.14. The maximum Gasteiger partial charge on any atom is 0.355 e. The van der Waals surface area contributed by atoms with Gasteiger partial charge in [0.1, 0.15) is 23.9 Å². The molecule has 306 valence electrons. The van der Waals surface area contributed by atoms with Crippen molar-refractivity contribution >= 4 is 52.6 Å². The number of ether oxygens (including phenoxy) is 1. The zero-order valence-electron chi connectivity index (χ0n) is 32.7. The lowest BCUT2D eigenvalue weighted by Gasteiger charge is -2.34. The molecule has 58 heavy (non-hydrogen) atoms. The third kappa shape index (κ3) is 8.03. The Bertz CT molecular complexity index is 2220. The van der Waals surface area contributed by atoms with Crippen LogP contribution in [0.2, 0.25) is 0 Å². The van der Waals surface area contributed by atoms with Gasteiger partial charge in [0, 0.05) is 41.1 Å². The maximum absolute atomic E-state index is 16.5. The zero-order valence-corrected chi connectivity index (χ0v) is 34.4. The van der Waals surface area contributed by atoms with Crippen LogP contribution in [0.1, 0.15) is 104 Å². The van der Waals surface area contributed by atoms with Gasteiger partial charge >= 0.3 is 13.5 Å². The molecule has 5 heterocycles. The number of hydrogen-bond acceptors (Lipinski definition) is 9. The number of alkyl halides is 1. The Labute approximate surface area is 341 Å². The van der Waals surface area contributed by atoms with Crippen LogP contribution in [0.15, 0.2) is 79.1 Å². The molecule has 12 nitrogen and oxygen atoms in total. The lowest BCUT2D eigenvalue weighted by atomic mass is 9.97. The minimum atomic E-state index is -4.44. The van der Waals surface area contributed by atoms with Crippen molar-refractivity contribution in [2.24, 2.45) is 0 Å². The summed E-state index contributed by atoms with van der Waals surface area (Å²) >= 11 is 1.20. The molecule has 3 aliphatic heterocycles. The first-order valence-electron chi connectivity index (χ1n) is 20.3. The minimum absolute atomic E-state index is 0.0120. The normalized spacial score (nSPS) is 24.4. The van der Waals surface area contributed by atoms with Crippen molar-refractivity contribution in [3.05, 3.63) is 95.1 Å². The predicted octanol–water partition coefficient (Wildman–Crippen LogP) is 7.66. The Kier molecular flexibility index (Phi) is 11.4. The molecule has 1 aliphatic carbocycles. The fraction of sp³-hybridized carbons (Fsp3) is 0.465. The summed E-state index contributed by atoms with van der Waals surface area (Å²) < 4.78 is 42.4. The Balaban J connectivity index is 0.970. The molecule has 15 heteroatoms. The molecule has 1 saturated carbocycles. The molecule has 0 bridgehead atoms. The highest BCUT2D eigenvalue weighted by molar-refractivity contribution is 7.57. The Morgan fingerprint density at radius 2 is 1.86 bits per heavy atom. The topological polar surface area (TPSA) is 147 Å². The third-order valence-electron chi connectivity index (χ3n) is 12.0. The summed E-state index contributed by atoms with van der Waals surface area (Å²) in [7, 11) is -4.44. The molecule has 4 aromatic rings. The minimum Gasteiger partial charge on any atom is -0.465 e. The second-order valence-corrected chi connectivity index (χ2v) is 19.2. The number of fused-ring (bicyclic) bond motifs is 2. The molecule has 0 radical (unpaired) electrons. The van der Waals surface area contributed by atoms with Crippen LogP contribution in [-0.2, 0) is 23.7 Å². The highest BCUT2D eigenvalue weighted by atomic mass is 32.1. The summed E-state index contributed by atoms with van der Waals surface area (Å²) in [6.07, 6.45) is 10.4. The number of benzene rings is 2. The first-order chi connectivity index (χ1) is 28.0. The maximum atomic E-state index is 16.5. The van der Waals surface area contributed by atoms with E-state index in [2.05, 4.69) is 21.5 Å². The quantitative estimate of drug-likeness (QED) is 0.102. The highest BCUT2D eigenvalue weighted by Gasteiger charge is 2.58. The third-order valence-corrected chi connectivity index (χ3v) is 15.3. The number of esters is 1. The molecule has 3 saturated heterocycles. The molecule has 4 fully saturated rings. The highest BCUT2D eigenvalue weighted by Crippen LogP contribution is 2.58. The number of nitrogens with one attached hydrogen (secondary N) is 2. The summed E-state index contributed by atoms with van der Waals surface area (Å²) in [4.78, 5) is 63.5. The SMILES string of the molecule is CCCOC(=O)[C@H](C)NP(=O)(Oc1ccccc1)[C@@H](F)c1ccc2sc(C(=O)N[C@H]3CCC[C@H]4CC[C@@H](C(=O)N5C[C@@H](c6cccnc6)CC56CC6)N4C3=O)cc2c1. The van der Waals surface area contributed by atoms with Gasteiger partial charge in [0.15, 0.2) is 0 Å². The van der Waals surface area contributed by atoms with E-state index in [1.807, 2.05) is 24.1 Å². The molecule has 8 rings (SSSR count). The van der Waals surface area contributed by atoms with Crippen molar-refractivity contribution in [3.63, 3.8) is 0 Å². The molecule has 2 N–H and O–H groups in total. The van der Waals surface area contributed by atoms with Gasteiger partial charge in [0.25, 0.3) is 5.91 Å². The zero-order chi connectivity index (χ0) is 40.6. The van der Waals surface area contributed by atoms with E-state index in [1.54, 1.807) is 53.6 Å². The van der Waals surface area contributed by atoms with Crippen molar-refractivity contribution in [1.82, 2.24) is 25.2 Å². The fourth-order valence-corrected chi connectivity index (χ4v) is 11.8. The van der Waals surface area contributed by atoms with E-state index in [0.29, 0.717) is 40.8 Å². The molecule has 4 aliphatic rings. The Morgan fingerprint density at radius 3 is 2.60 bits per heavy atom. The molecular weight excluding hydrogens is 781 g/mol. The van der Waals surface area contributed by atoms with Crippen LogP contribution in [-0.4, -0.2) is 81.3 Å². The van der Waals surface area contributed by atoms with E-state index >= 15 is 4.39 Å². The van der Waals surface area contributed by atoms with Gasteiger partial charge in [-0.25, -0.2) is 9.48 Å². The number of carbonyl (C=O) groups is 4. The number of hydrogen-bond donors (Lipinski definition) is 2. The number of carbonyl (C=O) groups excluding carboxylic acids is 4. The summed E-state index contributed by atoms with van der Waals surface area (Å²) in [5, 5.41) is 6.11.